The van der Waals surface area contributed by atoms with Crippen LogP contribution in [0.2, 0.25) is 0 Å². The number of rotatable bonds is 11. The maximum atomic E-state index is 12.9. The quantitative estimate of drug-likeness (QED) is 0.238. The standard InChI is InChI=1S/C30H39N5O3S/c1-22(2)20-28(37)34-18-17-33(21-23(34)3)27(36)12-8-9-19-39-30-32-31-29(24-10-6-5-7-11-24)35(30)25-13-15-26(38-4)16-14-25/h5-7,10-11,13-16,22-23H,8-9,12,17-21H2,1-4H3. The molecular formula is C30H39N5O3S. The summed E-state index contributed by atoms with van der Waals surface area (Å²) in [5.41, 5.74) is 1.97. The minimum atomic E-state index is 0.0626. The highest BCUT2D eigenvalue weighted by molar-refractivity contribution is 7.99. The van der Waals surface area contributed by atoms with Gasteiger partial charge in [0, 0.05) is 55.5 Å². The predicted molar refractivity (Wildman–Crippen MR) is 155 cm³/mol. The van der Waals surface area contributed by atoms with Crippen LogP contribution in [-0.2, 0) is 9.59 Å². The summed E-state index contributed by atoms with van der Waals surface area (Å²) in [4.78, 5) is 29.2. The summed E-state index contributed by atoms with van der Waals surface area (Å²) in [7, 11) is 1.66. The molecule has 1 aromatic heterocycles. The largest absolute Gasteiger partial charge is 0.497 e. The van der Waals surface area contributed by atoms with E-state index < -0.39 is 0 Å². The second-order valence-electron chi connectivity index (χ2n) is 10.4. The predicted octanol–water partition coefficient (Wildman–Crippen LogP) is 5.31. The van der Waals surface area contributed by atoms with E-state index in [0.717, 1.165) is 46.6 Å². The van der Waals surface area contributed by atoms with E-state index in [1.54, 1.807) is 18.9 Å². The molecule has 1 saturated heterocycles. The van der Waals surface area contributed by atoms with Crippen LogP contribution in [0.4, 0.5) is 0 Å². The molecule has 0 N–H and O–H groups in total. The topological polar surface area (TPSA) is 80.6 Å². The van der Waals surface area contributed by atoms with Crippen molar-refractivity contribution in [3.63, 3.8) is 0 Å². The lowest BCUT2D eigenvalue weighted by Gasteiger charge is -2.40. The second kappa shape index (κ2) is 13.6. The third kappa shape index (κ3) is 7.41. The maximum Gasteiger partial charge on any atom is 0.223 e. The number of unbranched alkanes of at least 4 members (excludes halogenated alkanes) is 1. The van der Waals surface area contributed by atoms with Gasteiger partial charge in [-0.15, -0.1) is 10.2 Å². The van der Waals surface area contributed by atoms with Crippen LogP contribution >= 0.6 is 11.8 Å². The molecule has 39 heavy (non-hydrogen) atoms. The van der Waals surface area contributed by atoms with E-state index in [4.69, 9.17) is 4.74 Å². The molecule has 1 aliphatic rings. The van der Waals surface area contributed by atoms with Crippen molar-refractivity contribution in [2.24, 2.45) is 5.92 Å². The van der Waals surface area contributed by atoms with Gasteiger partial charge in [-0.1, -0.05) is 55.9 Å². The first-order chi connectivity index (χ1) is 18.9. The molecule has 3 aromatic rings. The van der Waals surface area contributed by atoms with Crippen LogP contribution in [0.25, 0.3) is 17.1 Å². The molecule has 2 amide bonds. The molecule has 0 saturated carbocycles. The summed E-state index contributed by atoms with van der Waals surface area (Å²) in [6, 6.07) is 18.0. The van der Waals surface area contributed by atoms with Crippen LogP contribution in [-0.4, -0.2) is 74.9 Å². The third-order valence-electron chi connectivity index (χ3n) is 6.90. The Morgan fingerprint density at radius 1 is 1.00 bits per heavy atom. The number of ether oxygens (including phenoxy) is 1. The van der Waals surface area contributed by atoms with E-state index >= 15 is 0 Å². The lowest BCUT2D eigenvalue weighted by Crippen LogP contribution is -2.55. The number of thioether (sulfide) groups is 1. The van der Waals surface area contributed by atoms with Gasteiger partial charge in [0.15, 0.2) is 11.0 Å². The van der Waals surface area contributed by atoms with Gasteiger partial charge in [0.05, 0.1) is 7.11 Å². The zero-order valence-corrected chi connectivity index (χ0v) is 24.2. The molecule has 9 heteroatoms. The molecule has 1 atom stereocenters. The van der Waals surface area contributed by atoms with Crippen molar-refractivity contribution in [3.8, 4) is 22.8 Å². The molecule has 1 aliphatic heterocycles. The van der Waals surface area contributed by atoms with Crippen molar-refractivity contribution in [1.29, 1.82) is 0 Å². The van der Waals surface area contributed by atoms with Crippen molar-refractivity contribution >= 4 is 23.6 Å². The lowest BCUT2D eigenvalue weighted by molar-refractivity contribution is -0.143. The van der Waals surface area contributed by atoms with Gasteiger partial charge in [-0.3, -0.25) is 14.2 Å². The summed E-state index contributed by atoms with van der Waals surface area (Å²) >= 11 is 1.65. The summed E-state index contributed by atoms with van der Waals surface area (Å²) in [6.45, 7) is 8.02. The highest BCUT2D eigenvalue weighted by Gasteiger charge is 2.29. The van der Waals surface area contributed by atoms with Crippen LogP contribution in [0.1, 0.15) is 46.5 Å². The monoisotopic (exact) mass is 549 g/mol. The molecule has 0 aliphatic carbocycles. The van der Waals surface area contributed by atoms with Gasteiger partial charge < -0.3 is 14.5 Å². The molecule has 0 spiro atoms. The zero-order chi connectivity index (χ0) is 27.8. The van der Waals surface area contributed by atoms with E-state index in [2.05, 4.69) is 28.6 Å². The van der Waals surface area contributed by atoms with Gasteiger partial charge in [0.25, 0.3) is 0 Å². The third-order valence-corrected chi connectivity index (χ3v) is 7.91. The Morgan fingerprint density at radius 2 is 1.74 bits per heavy atom. The lowest BCUT2D eigenvalue weighted by atomic mass is 10.1. The molecule has 1 unspecified atom stereocenters. The van der Waals surface area contributed by atoms with Crippen LogP contribution in [0.3, 0.4) is 0 Å². The van der Waals surface area contributed by atoms with Gasteiger partial charge in [-0.05, 0) is 49.9 Å². The first-order valence-electron chi connectivity index (χ1n) is 13.7. The summed E-state index contributed by atoms with van der Waals surface area (Å²) < 4.78 is 7.40. The molecule has 2 aromatic carbocycles. The van der Waals surface area contributed by atoms with E-state index in [1.165, 1.54) is 0 Å². The number of piperazine rings is 1. The highest BCUT2D eigenvalue weighted by atomic mass is 32.2. The van der Waals surface area contributed by atoms with Crippen LogP contribution < -0.4 is 4.74 Å². The van der Waals surface area contributed by atoms with Gasteiger partial charge >= 0.3 is 0 Å². The Bertz CT molecular complexity index is 1230. The molecule has 1 fully saturated rings. The zero-order valence-electron chi connectivity index (χ0n) is 23.4. The molecule has 0 bridgehead atoms. The Labute approximate surface area is 235 Å². The number of hydrogen-bond acceptors (Lipinski definition) is 6. The van der Waals surface area contributed by atoms with E-state index in [9.17, 15) is 9.59 Å². The second-order valence-corrected chi connectivity index (χ2v) is 11.4. The first kappa shape index (κ1) is 28.7. The SMILES string of the molecule is COc1ccc(-n2c(SCCCCC(=O)N3CCN(C(=O)CC(C)C)C(C)C3)nnc2-c2ccccc2)cc1. The Morgan fingerprint density at radius 3 is 2.41 bits per heavy atom. The van der Waals surface area contributed by atoms with Crippen molar-refractivity contribution in [1.82, 2.24) is 24.6 Å². The summed E-state index contributed by atoms with van der Waals surface area (Å²) in [5, 5.41) is 9.83. The Hall–Kier alpha value is -3.33. The fraction of sp³-hybridized carbons (Fsp3) is 0.467. The highest BCUT2D eigenvalue weighted by Crippen LogP contribution is 2.29. The van der Waals surface area contributed by atoms with Crippen molar-refractivity contribution in [2.75, 3.05) is 32.5 Å². The molecule has 4 rings (SSSR count). The number of carbonyl (C=O) groups is 2. The van der Waals surface area contributed by atoms with Gasteiger partial charge in [0.2, 0.25) is 11.8 Å². The Balaban J connectivity index is 1.31. The van der Waals surface area contributed by atoms with E-state index in [-0.39, 0.29) is 17.9 Å². The van der Waals surface area contributed by atoms with E-state index in [1.807, 2.05) is 71.3 Å². The van der Waals surface area contributed by atoms with Crippen LogP contribution in [0, 0.1) is 5.92 Å². The number of nitrogens with zero attached hydrogens (tertiary/aromatic N) is 5. The fourth-order valence-corrected chi connectivity index (χ4v) is 5.77. The van der Waals surface area contributed by atoms with Gasteiger partial charge in [-0.2, -0.15) is 0 Å². The van der Waals surface area contributed by atoms with Crippen LogP contribution in [0.5, 0.6) is 5.75 Å². The van der Waals surface area contributed by atoms with E-state index in [0.29, 0.717) is 38.4 Å². The molecular weight excluding hydrogens is 510 g/mol. The Kier molecular flexibility index (Phi) is 10.0. The molecule has 208 valence electrons. The maximum absolute atomic E-state index is 12.9. The minimum Gasteiger partial charge on any atom is -0.497 e. The minimum absolute atomic E-state index is 0.0626. The van der Waals surface area contributed by atoms with Gasteiger partial charge in [0.1, 0.15) is 5.75 Å². The molecule has 8 nitrogen and oxygen atoms in total. The normalized spacial score (nSPS) is 15.6. The average Bonchev–Trinajstić information content (AvgIpc) is 3.36. The number of hydrogen-bond donors (Lipinski definition) is 0. The van der Waals surface area contributed by atoms with Crippen LogP contribution in [0.15, 0.2) is 59.8 Å². The van der Waals surface area contributed by atoms with Crippen molar-refractivity contribution < 1.29 is 14.3 Å². The number of carbonyl (C=O) groups excluding carboxylic acids is 2. The van der Waals surface area contributed by atoms with Gasteiger partial charge in [-0.25, -0.2) is 0 Å². The fourth-order valence-electron chi connectivity index (χ4n) is 4.82. The number of aromatic nitrogens is 3. The average molecular weight is 550 g/mol. The molecule has 0 radical (unpaired) electrons. The van der Waals surface area contributed by atoms with Crippen molar-refractivity contribution in [2.45, 2.75) is 57.7 Å². The number of methoxy groups -OCH3 is 1. The number of amides is 2. The summed E-state index contributed by atoms with van der Waals surface area (Å²) in [5.74, 6) is 3.14. The number of benzene rings is 2. The summed E-state index contributed by atoms with van der Waals surface area (Å²) in [6.07, 6.45) is 2.80. The molecule has 2 heterocycles. The first-order valence-corrected chi connectivity index (χ1v) is 14.7. The smallest absolute Gasteiger partial charge is 0.223 e. The van der Waals surface area contributed by atoms with Crippen molar-refractivity contribution in [3.05, 3.63) is 54.6 Å².